The molecule has 2 heterocycles. The second-order valence-corrected chi connectivity index (χ2v) is 8.58. The Balaban J connectivity index is 1.15. The van der Waals surface area contributed by atoms with Crippen LogP contribution in [0.3, 0.4) is 0 Å². The van der Waals surface area contributed by atoms with Gasteiger partial charge in [0.25, 0.3) is 0 Å². The van der Waals surface area contributed by atoms with Crippen molar-refractivity contribution in [3.05, 3.63) is 54.1 Å². The quantitative estimate of drug-likeness (QED) is 0.330. The number of rotatable bonds is 10. The highest BCUT2D eigenvalue weighted by molar-refractivity contribution is 5.93. The summed E-state index contributed by atoms with van der Waals surface area (Å²) in [6.45, 7) is 1.77. The van der Waals surface area contributed by atoms with E-state index in [0.717, 1.165) is 17.5 Å². The van der Waals surface area contributed by atoms with E-state index >= 15 is 0 Å². The van der Waals surface area contributed by atoms with Crippen molar-refractivity contribution in [2.45, 2.75) is 44.7 Å². The lowest BCUT2D eigenvalue weighted by Crippen LogP contribution is -2.42. The highest BCUT2D eigenvalue weighted by Crippen LogP contribution is 2.27. The molecule has 0 fully saturated rings. The molecule has 0 aliphatic carbocycles. The van der Waals surface area contributed by atoms with Gasteiger partial charge < -0.3 is 25.4 Å². The molecule has 1 aliphatic heterocycles. The predicted octanol–water partition coefficient (Wildman–Crippen LogP) is 2.64. The lowest BCUT2D eigenvalue weighted by molar-refractivity contribution is -0.141. The van der Waals surface area contributed by atoms with Crippen LogP contribution in [0.2, 0.25) is 0 Å². The fourth-order valence-electron chi connectivity index (χ4n) is 4.19. The van der Waals surface area contributed by atoms with Crippen LogP contribution in [0, 0.1) is 0 Å². The molecule has 0 saturated heterocycles. The van der Waals surface area contributed by atoms with Crippen LogP contribution in [0.5, 0.6) is 5.75 Å². The molecule has 10 heteroatoms. The number of aromatic hydroxyl groups is 1. The number of phenols is 1. The molecule has 4 rings (SSSR count). The van der Waals surface area contributed by atoms with Crippen molar-refractivity contribution in [3.8, 4) is 5.75 Å². The first-order chi connectivity index (χ1) is 16.9. The van der Waals surface area contributed by atoms with Crippen LogP contribution in [0.1, 0.15) is 31.2 Å². The molecule has 35 heavy (non-hydrogen) atoms. The van der Waals surface area contributed by atoms with E-state index in [-0.39, 0.29) is 30.5 Å². The van der Waals surface area contributed by atoms with Gasteiger partial charge in [-0.05, 0) is 42.7 Å². The number of phenolic OH excluding ortho intramolecular Hbond substituents is 1. The topological polar surface area (TPSA) is 137 Å². The number of anilines is 1. The number of nitrogens with zero attached hydrogens (tertiary/aromatic N) is 3. The van der Waals surface area contributed by atoms with Crippen LogP contribution < -0.4 is 15.5 Å². The smallest absolute Gasteiger partial charge is 0.326 e. The number of unbranched alkanes of at least 4 members (excludes halogenated alkanes) is 2. The predicted molar refractivity (Wildman–Crippen MR) is 130 cm³/mol. The molecular formula is C25H29N5O5. The number of carbonyl (C=O) groups is 3. The minimum Gasteiger partial charge on any atom is -0.508 e. The van der Waals surface area contributed by atoms with Crippen molar-refractivity contribution in [3.63, 3.8) is 0 Å². The van der Waals surface area contributed by atoms with Crippen molar-refractivity contribution in [2.24, 2.45) is 0 Å². The van der Waals surface area contributed by atoms with Crippen LogP contribution in [-0.2, 0) is 22.6 Å². The van der Waals surface area contributed by atoms with Crippen LogP contribution in [0.25, 0.3) is 11.0 Å². The van der Waals surface area contributed by atoms with Crippen molar-refractivity contribution in [1.82, 2.24) is 20.2 Å². The number of carboxylic acid groups (broad SMARTS) is 1. The summed E-state index contributed by atoms with van der Waals surface area (Å²) in [7, 11) is 0. The molecule has 1 aliphatic rings. The van der Waals surface area contributed by atoms with Gasteiger partial charge in [0.1, 0.15) is 11.8 Å². The zero-order valence-electron chi connectivity index (χ0n) is 19.3. The molecule has 1 aromatic heterocycles. The Hall–Kier alpha value is -4.08. The van der Waals surface area contributed by atoms with E-state index in [0.29, 0.717) is 44.0 Å². The molecule has 0 saturated carbocycles. The highest BCUT2D eigenvalue weighted by Gasteiger charge is 2.28. The molecule has 0 spiro atoms. The molecule has 184 valence electrons. The summed E-state index contributed by atoms with van der Waals surface area (Å²) in [5, 5.41) is 24.2. The van der Waals surface area contributed by atoms with E-state index in [1.54, 1.807) is 17.0 Å². The van der Waals surface area contributed by atoms with Crippen LogP contribution >= 0.6 is 0 Å². The van der Waals surface area contributed by atoms with Gasteiger partial charge in [0, 0.05) is 32.5 Å². The zero-order valence-corrected chi connectivity index (χ0v) is 19.3. The SMILES string of the molecule is O=C(CCCCCNC(=O)N1CCn2c1nc1ccccc12)N[C@@H](Cc1ccc(O)cc1)C(=O)O. The summed E-state index contributed by atoms with van der Waals surface area (Å²) >= 11 is 0. The van der Waals surface area contributed by atoms with E-state index in [2.05, 4.69) is 15.6 Å². The van der Waals surface area contributed by atoms with Gasteiger partial charge >= 0.3 is 12.0 Å². The number of imidazole rings is 1. The Morgan fingerprint density at radius 3 is 2.54 bits per heavy atom. The Kier molecular flexibility index (Phi) is 7.49. The van der Waals surface area contributed by atoms with E-state index < -0.39 is 12.0 Å². The fraction of sp³-hybridized carbons (Fsp3) is 0.360. The van der Waals surface area contributed by atoms with E-state index in [4.69, 9.17) is 0 Å². The molecule has 4 N–H and O–H groups in total. The number of carbonyl (C=O) groups excluding carboxylic acids is 2. The van der Waals surface area contributed by atoms with Gasteiger partial charge in [-0.2, -0.15) is 0 Å². The first-order valence-corrected chi connectivity index (χ1v) is 11.7. The van der Waals surface area contributed by atoms with Gasteiger partial charge in [-0.3, -0.25) is 9.69 Å². The normalized spacial score (nSPS) is 13.4. The molecular weight excluding hydrogens is 450 g/mol. The summed E-state index contributed by atoms with van der Waals surface area (Å²) in [6, 6.07) is 12.8. The number of carboxylic acids is 1. The average molecular weight is 480 g/mol. The number of amides is 3. The fourth-order valence-corrected chi connectivity index (χ4v) is 4.19. The first kappa shape index (κ1) is 24.1. The number of aromatic nitrogens is 2. The van der Waals surface area contributed by atoms with E-state index in [1.807, 2.05) is 28.8 Å². The second-order valence-electron chi connectivity index (χ2n) is 8.58. The second kappa shape index (κ2) is 10.9. The van der Waals surface area contributed by atoms with Crippen molar-refractivity contribution >= 4 is 34.9 Å². The van der Waals surface area contributed by atoms with E-state index in [9.17, 15) is 24.6 Å². The minimum absolute atomic E-state index is 0.0983. The number of hydrogen-bond acceptors (Lipinski definition) is 5. The Bertz CT molecular complexity index is 1210. The van der Waals surface area contributed by atoms with Gasteiger partial charge in [0.05, 0.1) is 11.0 Å². The van der Waals surface area contributed by atoms with Crippen LogP contribution in [0.4, 0.5) is 10.7 Å². The molecule has 0 bridgehead atoms. The summed E-state index contributed by atoms with van der Waals surface area (Å²) in [5.74, 6) is -0.678. The van der Waals surface area contributed by atoms with Gasteiger partial charge in [0.15, 0.2) is 0 Å². The molecule has 0 radical (unpaired) electrons. The average Bonchev–Trinajstić information content (AvgIpc) is 3.41. The lowest BCUT2D eigenvalue weighted by atomic mass is 10.1. The molecule has 3 amide bonds. The van der Waals surface area contributed by atoms with Gasteiger partial charge in [0.2, 0.25) is 11.9 Å². The van der Waals surface area contributed by atoms with Gasteiger partial charge in [-0.25, -0.2) is 14.6 Å². The molecule has 1 atom stereocenters. The highest BCUT2D eigenvalue weighted by atomic mass is 16.4. The zero-order chi connectivity index (χ0) is 24.8. The summed E-state index contributed by atoms with van der Waals surface area (Å²) in [5.41, 5.74) is 2.59. The van der Waals surface area contributed by atoms with E-state index in [1.165, 1.54) is 12.1 Å². The van der Waals surface area contributed by atoms with Crippen molar-refractivity contribution < 1.29 is 24.6 Å². The molecule has 0 unspecified atom stereocenters. The Morgan fingerprint density at radius 1 is 1.00 bits per heavy atom. The first-order valence-electron chi connectivity index (χ1n) is 11.7. The maximum absolute atomic E-state index is 12.6. The van der Waals surface area contributed by atoms with Crippen LogP contribution in [0.15, 0.2) is 48.5 Å². The van der Waals surface area contributed by atoms with Gasteiger partial charge in [-0.15, -0.1) is 0 Å². The van der Waals surface area contributed by atoms with Gasteiger partial charge in [-0.1, -0.05) is 30.7 Å². The third-order valence-electron chi connectivity index (χ3n) is 6.03. The third-order valence-corrected chi connectivity index (χ3v) is 6.03. The van der Waals surface area contributed by atoms with Crippen molar-refractivity contribution in [1.29, 1.82) is 0 Å². The summed E-state index contributed by atoms with van der Waals surface area (Å²) < 4.78 is 2.04. The molecule has 2 aromatic carbocycles. The number of urea groups is 1. The monoisotopic (exact) mass is 479 g/mol. The standard InChI is InChI=1S/C25H29N5O5/c31-18-11-9-17(10-12-18)16-20(23(33)34)27-22(32)8-2-1-5-13-26-25(35)30-15-14-29-21-7-4-3-6-19(21)28-24(29)30/h3-4,6-7,9-12,20,31H,1-2,5,8,13-16H2,(H,26,35)(H,27,32)(H,33,34)/t20-/m0/s1. The number of benzene rings is 2. The summed E-state index contributed by atoms with van der Waals surface area (Å²) in [6.07, 6.45) is 2.37. The lowest BCUT2D eigenvalue weighted by Gasteiger charge is -2.15. The Labute approximate surface area is 202 Å². The number of hydrogen-bond donors (Lipinski definition) is 4. The largest absolute Gasteiger partial charge is 0.508 e. The minimum atomic E-state index is -1.11. The molecule has 3 aromatic rings. The van der Waals surface area contributed by atoms with Crippen LogP contribution in [-0.4, -0.2) is 56.8 Å². The number of para-hydroxylation sites is 2. The summed E-state index contributed by atoms with van der Waals surface area (Å²) in [4.78, 5) is 42.5. The number of fused-ring (bicyclic) bond motifs is 3. The number of aliphatic carboxylic acids is 1. The van der Waals surface area contributed by atoms with Crippen molar-refractivity contribution in [2.75, 3.05) is 18.0 Å². The maximum atomic E-state index is 12.6. The maximum Gasteiger partial charge on any atom is 0.326 e. The third kappa shape index (κ3) is 5.89. The Morgan fingerprint density at radius 2 is 1.77 bits per heavy atom. The molecule has 10 nitrogen and oxygen atoms in total. The number of nitrogens with one attached hydrogen (secondary N) is 2.